The van der Waals surface area contributed by atoms with E-state index in [4.69, 9.17) is 11.0 Å². The van der Waals surface area contributed by atoms with Crippen LogP contribution in [0.5, 0.6) is 0 Å². The summed E-state index contributed by atoms with van der Waals surface area (Å²) in [5.74, 6) is 4.66. The van der Waals surface area contributed by atoms with Gasteiger partial charge in [-0.1, -0.05) is 0 Å². The quantitative estimate of drug-likeness (QED) is 0.347. The van der Waals surface area contributed by atoms with Gasteiger partial charge in [0.25, 0.3) is 0 Å². The molecule has 0 aliphatic heterocycles. The second-order valence-electron chi connectivity index (χ2n) is 3.28. The maximum atomic E-state index is 11.8. The summed E-state index contributed by atoms with van der Waals surface area (Å²) in [6, 6.07) is 1.37. The Hall–Kier alpha value is -1.27. The number of rotatable bonds is 6. The number of nitrogen functional groups attached to an aromatic ring is 1. The van der Waals surface area contributed by atoms with Gasteiger partial charge in [-0.3, -0.25) is 10.8 Å². The highest BCUT2D eigenvalue weighted by Crippen LogP contribution is 2.17. The average Bonchev–Trinajstić information content (AvgIpc) is 2.27. The van der Waals surface area contributed by atoms with Crippen LogP contribution >= 0.6 is 0 Å². The molecule has 6 N–H and O–H groups in total. The minimum absolute atomic E-state index is 0.146. The smallest absolute Gasteiger partial charge is 0.244 e. The normalized spacial score (nSPS) is 12.3. The van der Waals surface area contributed by atoms with E-state index in [1.807, 2.05) is 0 Å². The largest absolute Gasteiger partial charge is 0.323 e. The lowest BCUT2D eigenvalue weighted by molar-refractivity contribution is 0.581. The third kappa shape index (κ3) is 4.19. The summed E-state index contributed by atoms with van der Waals surface area (Å²) >= 11 is 0. The van der Waals surface area contributed by atoms with Crippen molar-refractivity contribution in [1.29, 1.82) is 0 Å². The highest BCUT2D eigenvalue weighted by molar-refractivity contribution is 7.90. The topological polar surface area (TPSA) is 157 Å². The summed E-state index contributed by atoms with van der Waals surface area (Å²) in [5.41, 5.74) is 2.35. The number of anilines is 1. The lowest BCUT2D eigenvalue weighted by Gasteiger charge is -2.09. The molecule has 1 aromatic rings. The average molecular weight is 295 g/mol. The Kier molecular flexibility index (Phi) is 4.59. The predicted octanol–water partition coefficient (Wildman–Crippen LogP) is -2.07. The number of sulfonamides is 2. The third-order valence-corrected chi connectivity index (χ3v) is 4.17. The molecule has 11 heteroatoms. The number of pyridine rings is 1. The molecule has 0 aromatic carbocycles. The first kappa shape index (κ1) is 14.8. The summed E-state index contributed by atoms with van der Waals surface area (Å²) < 4.78 is 47.1. The Labute approximate surface area is 105 Å². The number of nitrogens with zero attached hydrogens (tertiary/aromatic N) is 1. The minimum Gasteiger partial charge on any atom is -0.323 e. The zero-order valence-corrected chi connectivity index (χ0v) is 10.8. The molecule has 0 atom stereocenters. The van der Waals surface area contributed by atoms with Crippen molar-refractivity contribution in [3.8, 4) is 0 Å². The molecular weight excluding hydrogens is 282 g/mol. The third-order valence-electron chi connectivity index (χ3n) is 1.91. The van der Waals surface area contributed by atoms with Gasteiger partial charge >= 0.3 is 0 Å². The summed E-state index contributed by atoms with van der Waals surface area (Å²) in [6.07, 6.45) is 2.45. The number of hydrogen-bond donors (Lipinski definition) is 4. The van der Waals surface area contributed by atoms with Crippen LogP contribution in [0.1, 0.15) is 0 Å². The van der Waals surface area contributed by atoms with Crippen LogP contribution in [0.3, 0.4) is 0 Å². The van der Waals surface area contributed by atoms with Crippen LogP contribution < -0.4 is 21.1 Å². The van der Waals surface area contributed by atoms with Gasteiger partial charge in [0.05, 0.1) is 11.4 Å². The van der Waals surface area contributed by atoms with Crippen LogP contribution in [0.4, 0.5) is 5.69 Å². The van der Waals surface area contributed by atoms with E-state index in [9.17, 15) is 16.8 Å². The van der Waals surface area contributed by atoms with Crippen molar-refractivity contribution in [3.63, 3.8) is 0 Å². The molecular formula is C7H13N5O4S2. The maximum absolute atomic E-state index is 11.8. The predicted molar refractivity (Wildman–Crippen MR) is 65.2 cm³/mol. The molecule has 9 nitrogen and oxygen atoms in total. The fraction of sp³-hybridized carbons (Fsp3) is 0.286. The Morgan fingerprint density at radius 3 is 2.50 bits per heavy atom. The van der Waals surface area contributed by atoms with Crippen molar-refractivity contribution in [2.24, 2.45) is 11.0 Å². The van der Waals surface area contributed by atoms with Gasteiger partial charge in [-0.15, -0.1) is 0 Å². The SMILES string of the molecule is NNc1ccncc1S(=O)(=O)NCCS(N)(=O)=O. The molecule has 0 amide bonds. The molecule has 18 heavy (non-hydrogen) atoms. The van der Waals surface area contributed by atoms with Crippen LogP contribution in [-0.2, 0) is 20.0 Å². The van der Waals surface area contributed by atoms with E-state index in [0.717, 1.165) is 6.20 Å². The molecule has 0 aliphatic carbocycles. The summed E-state index contributed by atoms with van der Waals surface area (Å²) in [6.45, 7) is -0.333. The molecule has 1 rings (SSSR count). The molecule has 0 saturated carbocycles. The molecule has 1 heterocycles. The number of nitrogens with two attached hydrogens (primary N) is 2. The number of hydrazine groups is 1. The fourth-order valence-electron chi connectivity index (χ4n) is 1.11. The van der Waals surface area contributed by atoms with E-state index in [0.29, 0.717) is 0 Å². The number of nitrogens with one attached hydrogen (secondary N) is 2. The van der Waals surface area contributed by atoms with Crippen LogP contribution in [-0.4, -0.2) is 34.1 Å². The van der Waals surface area contributed by atoms with E-state index in [2.05, 4.69) is 15.1 Å². The van der Waals surface area contributed by atoms with Crippen LogP contribution in [0.2, 0.25) is 0 Å². The van der Waals surface area contributed by atoms with Gasteiger partial charge < -0.3 is 5.43 Å². The van der Waals surface area contributed by atoms with Gasteiger partial charge in [0.1, 0.15) is 4.90 Å². The van der Waals surface area contributed by atoms with Crippen molar-refractivity contribution in [1.82, 2.24) is 9.71 Å². The van der Waals surface area contributed by atoms with Crippen molar-refractivity contribution in [2.75, 3.05) is 17.7 Å². The Balaban J connectivity index is 2.87. The highest BCUT2D eigenvalue weighted by Gasteiger charge is 2.18. The number of aromatic nitrogens is 1. The number of primary sulfonamides is 1. The molecule has 0 radical (unpaired) electrons. The fourth-order valence-corrected chi connectivity index (χ4v) is 2.77. The first-order chi connectivity index (χ1) is 8.26. The molecule has 1 aromatic heterocycles. The Morgan fingerprint density at radius 1 is 1.28 bits per heavy atom. The monoisotopic (exact) mass is 295 g/mol. The Bertz CT molecular complexity index is 612. The standard InChI is InChI=1S/C7H13N5O4S2/c8-12-6-1-2-10-5-7(6)18(15,16)11-3-4-17(9,13)14/h1-2,5,11H,3-4,8H2,(H,10,12)(H2,9,13,14). The highest BCUT2D eigenvalue weighted by atomic mass is 32.2. The van der Waals surface area contributed by atoms with Crippen molar-refractivity contribution in [3.05, 3.63) is 18.5 Å². The second-order valence-corrected chi connectivity index (χ2v) is 6.75. The van der Waals surface area contributed by atoms with Crippen molar-refractivity contribution < 1.29 is 16.8 Å². The lowest BCUT2D eigenvalue weighted by Crippen LogP contribution is -2.32. The van der Waals surface area contributed by atoms with Crippen LogP contribution in [0, 0.1) is 0 Å². The molecule has 0 unspecified atom stereocenters. The van der Waals surface area contributed by atoms with Gasteiger partial charge in [0.2, 0.25) is 20.0 Å². The van der Waals surface area contributed by atoms with Gasteiger partial charge in [-0.25, -0.2) is 26.7 Å². The van der Waals surface area contributed by atoms with E-state index in [1.165, 1.54) is 12.3 Å². The summed E-state index contributed by atoms with van der Waals surface area (Å²) in [5, 5.41) is 4.75. The Morgan fingerprint density at radius 2 is 1.94 bits per heavy atom. The van der Waals surface area contributed by atoms with Gasteiger partial charge in [-0.2, -0.15) is 0 Å². The molecule has 0 saturated heterocycles. The molecule has 0 spiro atoms. The van der Waals surface area contributed by atoms with Crippen molar-refractivity contribution >= 4 is 25.7 Å². The molecule has 0 aliphatic rings. The second kappa shape index (κ2) is 5.58. The van der Waals surface area contributed by atoms with Gasteiger partial charge in [-0.05, 0) is 6.07 Å². The van der Waals surface area contributed by atoms with Crippen LogP contribution in [0.25, 0.3) is 0 Å². The molecule has 0 bridgehead atoms. The van der Waals surface area contributed by atoms with E-state index >= 15 is 0 Å². The van der Waals surface area contributed by atoms with E-state index in [1.54, 1.807) is 0 Å². The maximum Gasteiger partial charge on any atom is 0.244 e. The first-order valence-electron chi connectivity index (χ1n) is 4.67. The van der Waals surface area contributed by atoms with Gasteiger partial charge in [0.15, 0.2) is 0 Å². The molecule has 0 fully saturated rings. The zero-order chi connectivity index (χ0) is 13.8. The number of hydrogen-bond acceptors (Lipinski definition) is 7. The summed E-state index contributed by atoms with van der Waals surface area (Å²) in [7, 11) is -7.63. The molecule has 102 valence electrons. The van der Waals surface area contributed by atoms with E-state index in [-0.39, 0.29) is 17.1 Å². The first-order valence-corrected chi connectivity index (χ1v) is 7.87. The van der Waals surface area contributed by atoms with Gasteiger partial charge in [0, 0.05) is 18.9 Å². The minimum atomic E-state index is -3.90. The van der Waals surface area contributed by atoms with Crippen molar-refractivity contribution in [2.45, 2.75) is 4.90 Å². The van der Waals surface area contributed by atoms with Crippen LogP contribution in [0.15, 0.2) is 23.4 Å². The summed E-state index contributed by atoms with van der Waals surface area (Å²) in [4.78, 5) is 3.48. The lowest BCUT2D eigenvalue weighted by atomic mass is 10.4. The van der Waals surface area contributed by atoms with E-state index < -0.39 is 25.8 Å². The zero-order valence-electron chi connectivity index (χ0n) is 9.20.